The third kappa shape index (κ3) is 8.44. The average molecular weight is 374 g/mol. The van der Waals surface area contributed by atoms with Crippen LogP contribution in [0.15, 0.2) is 48.5 Å². The van der Waals surface area contributed by atoms with E-state index in [0.29, 0.717) is 24.2 Å². The maximum Gasteiger partial charge on any atom is 0.224 e. The van der Waals surface area contributed by atoms with Crippen LogP contribution in [0, 0.1) is 11.6 Å². The van der Waals surface area contributed by atoms with E-state index in [1.165, 1.54) is 24.3 Å². The molecule has 27 heavy (non-hydrogen) atoms. The molecule has 144 valence electrons. The van der Waals surface area contributed by atoms with Crippen LogP contribution in [-0.2, 0) is 9.59 Å². The molecular formula is C21H24F2N2O2. The third-order valence-electron chi connectivity index (χ3n) is 4.02. The normalized spacial score (nSPS) is 10.4. The monoisotopic (exact) mass is 374 g/mol. The molecule has 0 spiro atoms. The Balaban J connectivity index is 1.50. The molecule has 0 fully saturated rings. The lowest BCUT2D eigenvalue weighted by Crippen LogP contribution is -2.11. The highest BCUT2D eigenvalue weighted by molar-refractivity contribution is 5.91. The third-order valence-corrected chi connectivity index (χ3v) is 4.02. The van der Waals surface area contributed by atoms with Crippen molar-refractivity contribution in [2.75, 3.05) is 10.6 Å². The summed E-state index contributed by atoms with van der Waals surface area (Å²) in [6, 6.07) is 11.6. The van der Waals surface area contributed by atoms with Crippen molar-refractivity contribution in [2.45, 2.75) is 44.9 Å². The van der Waals surface area contributed by atoms with Crippen LogP contribution < -0.4 is 10.6 Å². The van der Waals surface area contributed by atoms with Crippen molar-refractivity contribution in [1.82, 2.24) is 0 Å². The number of hydrogen-bond acceptors (Lipinski definition) is 2. The van der Waals surface area contributed by atoms with Crippen molar-refractivity contribution < 1.29 is 18.4 Å². The Hall–Kier alpha value is -2.76. The van der Waals surface area contributed by atoms with Crippen molar-refractivity contribution in [3.05, 3.63) is 60.2 Å². The van der Waals surface area contributed by atoms with Crippen LogP contribution in [0.4, 0.5) is 20.2 Å². The standard InChI is InChI=1S/C21H24F2N2O2/c22-16-8-6-10-18(14-16)24-20(26)12-4-2-1-3-5-13-21(27)25-19-11-7-9-17(23)15-19/h6-11,14-15H,1-5,12-13H2,(H,24,26)(H,25,27). The number of halogens is 2. The van der Waals surface area contributed by atoms with Crippen molar-refractivity contribution in [3.8, 4) is 0 Å². The molecule has 4 nitrogen and oxygen atoms in total. The molecule has 0 heterocycles. The number of carbonyl (C=O) groups is 2. The Bertz CT molecular complexity index is 702. The number of hydrogen-bond donors (Lipinski definition) is 2. The van der Waals surface area contributed by atoms with Gasteiger partial charge in [0.2, 0.25) is 11.8 Å². The molecule has 0 saturated heterocycles. The Morgan fingerprint density at radius 3 is 1.48 bits per heavy atom. The maximum atomic E-state index is 13.0. The molecule has 0 aliphatic carbocycles. The van der Waals surface area contributed by atoms with Gasteiger partial charge in [0.15, 0.2) is 0 Å². The zero-order chi connectivity index (χ0) is 19.5. The first-order chi connectivity index (χ1) is 13.0. The molecule has 6 heteroatoms. The van der Waals surface area contributed by atoms with E-state index in [1.54, 1.807) is 24.3 Å². The molecule has 0 atom stereocenters. The predicted molar refractivity (Wildman–Crippen MR) is 102 cm³/mol. The minimum atomic E-state index is -0.380. The Morgan fingerprint density at radius 2 is 1.07 bits per heavy atom. The van der Waals surface area contributed by atoms with Gasteiger partial charge in [-0.25, -0.2) is 8.78 Å². The Morgan fingerprint density at radius 1 is 0.667 bits per heavy atom. The smallest absolute Gasteiger partial charge is 0.224 e. The molecule has 0 aromatic heterocycles. The molecule has 2 amide bonds. The van der Waals surface area contributed by atoms with E-state index in [1.807, 2.05) is 0 Å². The van der Waals surface area contributed by atoms with Gasteiger partial charge in [0.1, 0.15) is 11.6 Å². The van der Waals surface area contributed by atoms with Gasteiger partial charge in [-0.15, -0.1) is 0 Å². The first-order valence-electron chi connectivity index (χ1n) is 9.14. The summed E-state index contributed by atoms with van der Waals surface area (Å²) in [4.78, 5) is 23.6. The molecular weight excluding hydrogens is 350 g/mol. The molecule has 0 radical (unpaired) electrons. The molecule has 2 N–H and O–H groups in total. The van der Waals surface area contributed by atoms with E-state index in [9.17, 15) is 18.4 Å². The zero-order valence-corrected chi connectivity index (χ0v) is 15.1. The summed E-state index contributed by atoms with van der Waals surface area (Å²) < 4.78 is 26.1. The van der Waals surface area contributed by atoms with E-state index in [2.05, 4.69) is 10.6 Å². The van der Waals surface area contributed by atoms with Crippen LogP contribution in [-0.4, -0.2) is 11.8 Å². The lowest BCUT2D eigenvalue weighted by molar-refractivity contribution is -0.117. The van der Waals surface area contributed by atoms with Crippen LogP contribution in [0.1, 0.15) is 44.9 Å². The van der Waals surface area contributed by atoms with E-state index in [-0.39, 0.29) is 23.4 Å². The van der Waals surface area contributed by atoms with Crippen molar-refractivity contribution in [2.24, 2.45) is 0 Å². The van der Waals surface area contributed by atoms with Gasteiger partial charge in [0, 0.05) is 24.2 Å². The molecule has 2 aromatic rings. The first kappa shape index (κ1) is 20.6. The van der Waals surface area contributed by atoms with E-state index in [0.717, 1.165) is 32.1 Å². The quantitative estimate of drug-likeness (QED) is 0.557. The van der Waals surface area contributed by atoms with Crippen LogP contribution in [0.25, 0.3) is 0 Å². The second kappa shape index (κ2) is 11.1. The summed E-state index contributed by atoms with van der Waals surface area (Å²) in [6.07, 6.45) is 4.98. The summed E-state index contributed by atoms with van der Waals surface area (Å²) in [5.74, 6) is -1.02. The number of unbranched alkanes of at least 4 members (excludes halogenated alkanes) is 4. The topological polar surface area (TPSA) is 58.2 Å². The predicted octanol–water partition coefficient (Wildman–Crippen LogP) is 5.27. The number of amides is 2. The molecule has 0 aliphatic heterocycles. The van der Waals surface area contributed by atoms with Gasteiger partial charge < -0.3 is 10.6 Å². The van der Waals surface area contributed by atoms with Gasteiger partial charge >= 0.3 is 0 Å². The fourth-order valence-electron chi connectivity index (χ4n) is 2.68. The molecule has 0 bridgehead atoms. The number of nitrogens with one attached hydrogen (secondary N) is 2. The van der Waals surface area contributed by atoms with Crippen LogP contribution in [0.2, 0.25) is 0 Å². The van der Waals surface area contributed by atoms with Crippen LogP contribution in [0.5, 0.6) is 0 Å². The number of anilines is 2. The fourth-order valence-corrected chi connectivity index (χ4v) is 2.68. The van der Waals surface area contributed by atoms with Gasteiger partial charge in [0.25, 0.3) is 0 Å². The van der Waals surface area contributed by atoms with Crippen LogP contribution >= 0.6 is 0 Å². The van der Waals surface area contributed by atoms with E-state index >= 15 is 0 Å². The lowest BCUT2D eigenvalue weighted by Gasteiger charge is -2.06. The van der Waals surface area contributed by atoms with Gasteiger partial charge in [0.05, 0.1) is 0 Å². The summed E-state index contributed by atoms with van der Waals surface area (Å²) in [7, 11) is 0. The minimum Gasteiger partial charge on any atom is -0.326 e. The van der Waals surface area contributed by atoms with Crippen molar-refractivity contribution in [3.63, 3.8) is 0 Å². The first-order valence-corrected chi connectivity index (χ1v) is 9.14. The second-order valence-electron chi connectivity index (χ2n) is 6.38. The van der Waals surface area contributed by atoms with E-state index < -0.39 is 0 Å². The van der Waals surface area contributed by atoms with E-state index in [4.69, 9.17) is 0 Å². The largest absolute Gasteiger partial charge is 0.326 e. The zero-order valence-electron chi connectivity index (χ0n) is 15.1. The highest BCUT2D eigenvalue weighted by atomic mass is 19.1. The fraction of sp³-hybridized carbons (Fsp3) is 0.333. The molecule has 0 aliphatic rings. The van der Waals surface area contributed by atoms with Crippen molar-refractivity contribution >= 4 is 23.2 Å². The van der Waals surface area contributed by atoms with Crippen molar-refractivity contribution in [1.29, 1.82) is 0 Å². The second-order valence-corrected chi connectivity index (χ2v) is 6.38. The summed E-state index contributed by atoms with van der Waals surface area (Å²) in [6.45, 7) is 0. The van der Waals surface area contributed by atoms with Gasteiger partial charge in [-0.3, -0.25) is 9.59 Å². The average Bonchev–Trinajstić information content (AvgIpc) is 2.61. The number of rotatable bonds is 10. The Kier molecular flexibility index (Phi) is 8.42. The lowest BCUT2D eigenvalue weighted by atomic mass is 10.1. The van der Waals surface area contributed by atoms with Crippen LogP contribution in [0.3, 0.4) is 0 Å². The highest BCUT2D eigenvalue weighted by Crippen LogP contribution is 2.13. The molecule has 0 saturated carbocycles. The SMILES string of the molecule is O=C(CCCCCCCC(=O)Nc1cccc(F)c1)Nc1cccc(F)c1. The summed E-state index contributed by atoms with van der Waals surface area (Å²) in [5.41, 5.74) is 0.925. The summed E-state index contributed by atoms with van der Waals surface area (Å²) in [5, 5.41) is 5.34. The summed E-state index contributed by atoms with van der Waals surface area (Å²) >= 11 is 0. The molecule has 2 aromatic carbocycles. The maximum absolute atomic E-state index is 13.0. The number of benzene rings is 2. The van der Waals surface area contributed by atoms with Gasteiger partial charge in [-0.05, 0) is 49.2 Å². The number of carbonyl (C=O) groups excluding carboxylic acids is 2. The Labute approximate surface area is 158 Å². The van der Waals surface area contributed by atoms with Gasteiger partial charge in [-0.1, -0.05) is 31.4 Å². The molecule has 2 rings (SSSR count). The molecule has 0 unspecified atom stereocenters. The highest BCUT2D eigenvalue weighted by Gasteiger charge is 2.05. The minimum absolute atomic E-state index is 0.130. The van der Waals surface area contributed by atoms with Gasteiger partial charge in [-0.2, -0.15) is 0 Å².